The van der Waals surface area contributed by atoms with E-state index in [1.807, 2.05) is 0 Å². The zero-order valence-corrected chi connectivity index (χ0v) is 10.1. The Morgan fingerprint density at radius 1 is 0.786 bits per heavy atom. The van der Waals surface area contributed by atoms with Crippen molar-refractivity contribution in [1.29, 1.82) is 0 Å². The van der Waals surface area contributed by atoms with E-state index in [2.05, 4.69) is 20.8 Å². The molecule has 2 rings (SSSR count). The van der Waals surface area contributed by atoms with Gasteiger partial charge in [0.05, 0.1) is 0 Å². The summed E-state index contributed by atoms with van der Waals surface area (Å²) in [5.41, 5.74) is 0. The zero-order chi connectivity index (χ0) is 10.1. The van der Waals surface area contributed by atoms with Crippen LogP contribution in [0.2, 0.25) is 0 Å². The fraction of sp³-hybridized carbons (Fsp3) is 1.00. The highest BCUT2D eigenvalue weighted by Gasteiger charge is 2.40. The summed E-state index contributed by atoms with van der Waals surface area (Å²) in [6.45, 7) is 7.25. The molecule has 14 heavy (non-hydrogen) atoms. The summed E-state index contributed by atoms with van der Waals surface area (Å²) < 4.78 is 0. The molecule has 0 amide bonds. The minimum absolute atomic E-state index is 1.03. The van der Waals surface area contributed by atoms with Crippen LogP contribution >= 0.6 is 0 Å². The Morgan fingerprint density at radius 2 is 1.21 bits per heavy atom. The third-order valence-corrected chi connectivity index (χ3v) is 5.00. The van der Waals surface area contributed by atoms with Crippen LogP contribution in [0.5, 0.6) is 0 Å². The molecule has 0 bridgehead atoms. The Hall–Kier alpha value is 0. The maximum absolute atomic E-state index is 2.46. The molecule has 0 saturated heterocycles. The molecule has 0 heterocycles. The van der Waals surface area contributed by atoms with Crippen LogP contribution in [0.1, 0.15) is 59.3 Å². The lowest BCUT2D eigenvalue weighted by Gasteiger charge is -2.38. The first-order valence-corrected chi connectivity index (χ1v) is 6.74. The van der Waals surface area contributed by atoms with Crippen LogP contribution in [0.4, 0.5) is 0 Å². The molecule has 0 heteroatoms. The second-order valence-corrected chi connectivity index (χ2v) is 5.90. The molecule has 4 atom stereocenters. The van der Waals surface area contributed by atoms with E-state index in [9.17, 15) is 0 Å². The average Bonchev–Trinajstić information content (AvgIpc) is 2.54. The van der Waals surface area contributed by atoms with Gasteiger partial charge in [-0.05, 0) is 55.3 Å². The first-order chi connectivity index (χ1) is 6.74. The highest BCUT2D eigenvalue weighted by atomic mass is 14.4. The molecule has 2 aliphatic rings. The Balaban J connectivity index is 2.00. The number of hydrogen-bond donors (Lipinski definition) is 0. The highest BCUT2D eigenvalue weighted by Crippen LogP contribution is 2.50. The summed E-state index contributed by atoms with van der Waals surface area (Å²) in [4.78, 5) is 0. The van der Waals surface area contributed by atoms with Crippen LogP contribution in [0, 0.1) is 29.6 Å². The van der Waals surface area contributed by atoms with Crippen molar-refractivity contribution in [2.24, 2.45) is 29.6 Å². The summed E-state index contributed by atoms with van der Waals surface area (Å²) >= 11 is 0. The van der Waals surface area contributed by atoms with Crippen LogP contribution < -0.4 is 0 Å². The SMILES string of the molecule is CCC1CC2CC(C)CC2CC1CC. The van der Waals surface area contributed by atoms with Crippen LogP contribution in [0.25, 0.3) is 0 Å². The summed E-state index contributed by atoms with van der Waals surface area (Å²) in [6.07, 6.45) is 9.05. The van der Waals surface area contributed by atoms with Gasteiger partial charge in [-0.1, -0.05) is 33.6 Å². The number of rotatable bonds is 2. The molecule has 0 N–H and O–H groups in total. The normalized spacial score (nSPS) is 47.8. The second kappa shape index (κ2) is 4.24. The molecule has 0 aromatic heterocycles. The van der Waals surface area contributed by atoms with Crippen LogP contribution in [-0.4, -0.2) is 0 Å². The van der Waals surface area contributed by atoms with Gasteiger partial charge in [-0.3, -0.25) is 0 Å². The van der Waals surface area contributed by atoms with Gasteiger partial charge in [-0.2, -0.15) is 0 Å². The van der Waals surface area contributed by atoms with Crippen LogP contribution in [0.15, 0.2) is 0 Å². The van der Waals surface area contributed by atoms with Crippen LogP contribution in [-0.2, 0) is 0 Å². The summed E-state index contributed by atoms with van der Waals surface area (Å²) in [5, 5.41) is 0. The van der Waals surface area contributed by atoms with Gasteiger partial charge in [0.25, 0.3) is 0 Å². The minimum Gasteiger partial charge on any atom is -0.0651 e. The molecule has 0 aromatic carbocycles. The monoisotopic (exact) mass is 194 g/mol. The minimum atomic E-state index is 1.03. The fourth-order valence-corrected chi connectivity index (χ4v) is 4.25. The van der Waals surface area contributed by atoms with Crippen molar-refractivity contribution in [3.05, 3.63) is 0 Å². The highest BCUT2D eigenvalue weighted by molar-refractivity contribution is 4.90. The topological polar surface area (TPSA) is 0 Å². The molecular formula is C14H26. The van der Waals surface area contributed by atoms with Gasteiger partial charge >= 0.3 is 0 Å². The largest absolute Gasteiger partial charge is 0.0651 e. The zero-order valence-electron chi connectivity index (χ0n) is 10.1. The molecule has 0 nitrogen and oxygen atoms in total. The fourth-order valence-electron chi connectivity index (χ4n) is 4.25. The van der Waals surface area contributed by atoms with E-state index >= 15 is 0 Å². The van der Waals surface area contributed by atoms with Crippen molar-refractivity contribution in [3.63, 3.8) is 0 Å². The number of fused-ring (bicyclic) bond motifs is 1. The first kappa shape index (κ1) is 10.5. The van der Waals surface area contributed by atoms with E-state index < -0.39 is 0 Å². The molecule has 4 unspecified atom stereocenters. The van der Waals surface area contributed by atoms with Crippen molar-refractivity contribution in [1.82, 2.24) is 0 Å². The maximum atomic E-state index is 2.46. The van der Waals surface area contributed by atoms with Crippen molar-refractivity contribution in [2.45, 2.75) is 59.3 Å². The predicted octanol–water partition coefficient (Wildman–Crippen LogP) is 4.49. The van der Waals surface area contributed by atoms with Gasteiger partial charge in [-0.25, -0.2) is 0 Å². The Kier molecular flexibility index (Phi) is 3.19. The van der Waals surface area contributed by atoms with Crippen molar-refractivity contribution >= 4 is 0 Å². The Bertz CT molecular complexity index is 160. The Morgan fingerprint density at radius 3 is 1.57 bits per heavy atom. The Labute approximate surface area is 89.5 Å². The van der Waals surface area contributed by atoms with Crippen LogP contribution in [0.3, 0.4) is 0 Å². The van der Waals surface area contributed by atoms with Gasteiger partial charge in [0.15, 0.2) is 0 Å². The standard InChI is InChI=1S/C14H26/c1-4-11-8-13-6-10(3)7-14(13)9-12(11)5-2/h10-14H,4-9H2,1-3H3. The molecule has 0 aromatic rings. The number of hydrogen-bond acceptors (Lipinski definition) is 0. The van der Waals surface area contributed by atoms with E-state index in [1.165, 1.54) is 25.7 Å². The van der Waals surface area contributed by atoms with Crippen molar-refractivity contribution < 1.29 is 0 Å². The average molecular weight is 194 g/mol. The first-order valence-electron chi connectivity index (χ1n) is 6.74. The lowest BCUT2D eigenvalue weighted by Crippen LogP contribution is -2.28. The van der Waals surface area contributed by atoms with Crippen molar-refractivity contribution in [3.8, 4) is 0 Å². The maximum Gasteiger partial charge on any atom is -0.0380 e. The second-order valence-electron chi connectivity index (χ2n) is 5.90. The van der Waals surface area contributed by atoms with Crippen molar-refractivity contribution in [2.75, 3.05) is 0 Å². The molecular weight excluding hydrogens is 168 g/mol. The molecule has 0 aliphatic heterocycles. The van der Waals surface area contributed by atoms with Gasteiger partial charge < -0.3 is 0 Å². The third-order valence-electron chi connectivity index (χ3n) is 5.00. The molecule has 82 valence electrons. The predicted molar refractivity (Wildman–Crippen MR) is 62.2 cm³/mol. The van der Waals surface area contributed by atoms with E-state index in [4.69, 9.17) is 0 Å². The quantitative estimate of drug-likeness (QED) is 0.607. The van der Waals surface area contributed by atoms with E-state index in [1.54, 1.807) is 12.8 Å². The van der Waals surface area contributed by atoms with Gasteiger partial charge in [0.1, 0.15) is 0 Å². The summed E-state index contributed by atoms with van der Waals surface area (Å²) in [7, 11) is 0. The molecule has 0 radical (unpaired) electrons. The smallest absolute Gasteiger partial charge is 0.0380 e. The van der Waals surface area contributed by atoms with E-state index in [0.717, 1.165) is 29.6 Å². The third kappa shape index (κ3) is 1.85. The molecule has 2 fully saturated rings. The van der Waals surface area contributed by atoms with Gasteiger partial charge in [0.2, 0.25) is 0 Å². The van der Waals surface area contributed by atoms with E-state index in [0.29, 0.717) is 0 Å². The molecule has 2 aliphatic carbocycles. The lowest BCUT2D eigenvalue weighted by atomic mass is 9.68. The molecule has 2 saturated carbocycles. The van der Waals surface area contributed by atoms with Gasteiger partial charge in [-0.15, -0.1) is 0 Å². The lowest BCUT2D eigenvalue weighted by molar-refractivity contribution is 0.126. The van der Waals surface area contributed by atoms with E-state index in [-0.39, 0.29) is 0 Å². The summed E-state index contributed by atoms with van der Waals surface area (Å²) in [5.74, 6) is 5.37. The molecule has 0 spiro atoms. The summed E-state index contributed by atoms with van der Waals surface area (Å²) in [6, 6.07) is 0. The van der Waals surface area contributed by atoms with Gasteiger partial charge in [0, 0.05) is 0 Å².